The van der Waals surface area contributed by atoms with Gasteiger partial charge in [0.2, 0.25) is 0 Å². The lowest BCUT2D eigenvalue weighted by Crippen LogP contribution is -2.20. The molecule has 0 bridgehead atoms. The summed E-state index contributed by atoms with van der Waals surface area (Å²) in [4.78, 5) is 37.3. The monoisotopic (exact) mass is 440 g/mol. The first-order chi connectivity index (χ1) is 15.7. The van der Waals surface area contributed by atoms with Crippen molar-refractivity contribution in [2.24, 2.45) is 0 Å². The number of rotatable bonds is 4. The highest BCUT2D eigenvalue weighted by atomic mass is 16.4. The number of carbonyl (C=O) groups is 2. The Morgan fingerprint density at radius 1 is 0.758 bits per heavy atom. The zero-order chi connectivity index (χ0) is 23.6. The number of hydrogen-bond donors (Lipinski definition) is 2. The van der Waals surface area contributed by atoms with E-state index in [1.807, 2.05) is 12.1 Å². The van der Waals surface area contributed by atoms with Crippen molar-refractivity contribution in [3.05, 3.63) is 106 Å². The van der Waals surface area contributed by atoms with Gasteiger partial charge in [0.25, 0.3) is 11.8 Å². The van der Waals surface area contributed by atoms with Gasteiger partial charge in [0.05, 0.1) is 0 Å². The summed E-state index contributed by atoms with van der Waals surface area (Å²) in [5.41, 5.74) is 2.44. The maximum absolute atomic E-state index is 12.6. The summed E-state index contributed by atoms with van der Waals surface area (Å²) in [6.07, 6.45) is 0. The minimum atomic E-state index is -0.701. The van der Waals surface area contributed by atoms with Gasteiger partial charge in [0.1, 0.15) is 11.1 Å². The number of carbonyl (C=O) groups excluding carboxylic acids is 2. The first-order valence-electron chi connectivity index (χ1n) is 10.6. The number of amides is 2. The zero-order valence-electron chi connectivity index (χ0n) is 18.6. The van der Waals surface area contributed by atoms with Gasteiger partial charge in [0.15, 0.2) is 0 Å². The van der Waals surface area contributed by atoms with E-state index in [0.717, 1.165) is 5.56 Å². The van der Waals surface area contributed by atoms with Crippen molar-refractivity contribution in [3.63, 3.8) is 0 Å². The number of hydrogen-bond acceptors (Lipinski definition) is 4. The zero-order valence-corrected chi connectivity index (χ0v) is 18.6. The molecule has 4 aromatic rings. The summed E-state index contributed by atoms with van der Waals surface area (Å²) >= 11 is 0. The molecule has 0 saturated carbocycles. The summed E-state index contributed by atoms with van der Waals surface area (Å²) < 4.78 is 5.22. The SMILES string of the molecule is CC(C)(C)c1ccc(C(=O)Nc2ccc(NC(=O)c3cc4ccccc4oc3=O)cc2)cc1. The molecular formula is C27H24N2O4. The van der Waals surface area contributed by atoms with Gasteiger partial charge in [-0.2, -0.15) is 0 Å². The number of benzene rings is 3. The first kappa shape index (κ1) is 22.0. The quantitative estimate of drug-likeness (QED) is 0.405. The summed E-state index contributed by atoms with van der Waals surface area (Å²) in [7, 11) is 0. The smallest absolute Gasteiger partial charge is 0.349 e. The third-order valence-corrected chi connectivity index (χ3v) is 5.30. The van der Waals surface area contributed by atoms with E-state index >= 15 is 0 Å². The van der Waals surface area contributed by atoms with Crippen molar-refractivity contribution in [3.8, 4) is 0 Å². The highest BCUT2D eigenvalue weighted by Gasteiger charge is 2.15. The second-order valence-corrected chi connectivity index (χ2v) is 8.80. The lowest BCUT2D eigenvalue weighted by Gasteiger charge is -2.19. The molecule has 0 aliphatic carbocycles. The Balaban J connectivity index is 1.43. The normalized spacial score (nSPS) is 11.2. The van der Waals surface area contributed by atoms with Crippen LogP contribution in [0.25, 0.3) is 11.0 Å². The summed E-state index contributed by atoms with van der Waals surface area (Å²) in [6.45, 7) is 6.36. The largest absolute Gasteiger partial charge is 0.422 e. The van der Waals surface area contributed by atoms with Crippen LogP contribution in [-0.4, -0.2) is 11.8 Å². The second-order valence-electron chi connectivity index (χ2n) is 8.80. The molecule has 0 aliphatic rings. The Bertz CT molecular complexity index is 1380. The summed E-state index contributed by atoms with van der Waals surface area (Å²) in [6, 6.07) is 22.7. The van der Waals surface area contributed by atoms with Crippen LogP contribution in [0.5, 0.6) is 0 Å². The number of para-hydroxylation sites is 1. The van der Waals surface area contributed by atoms with Crippen molar-refractivity contribution in [1.29, 1.82) is 0 Å². The second kappa shape index (κ2) is 8.74. The van der Waals surface area contributed by atoms with Crippen LogP contribution >= 0.6 is 0 Å². The fourth-order valence-electron chi connectivity index (χ4n) is 3.38. The molecule has 0 aliphatic heterocycles. The lowest BCUT2D eigenvalue weighted by molar-refractivity contribution is 0.101. The van der Waals surface area contributed by atoms with Crippen LogP contribution in [0.3, 0.4) is 0 Å². The van der Waals surface area contributed by atoms with Crippen molar-refractivity contribution < 1.29 is 14.0 Å². The average molecular weight is 440 g/mol. The Morgan fingerprint density at radius 3 is 1.94 bits per heavy atom. The standard InChI is InChI=1S/C27H24N2O4/c1-27(2,3)19-10-8-17(9-11-19)24(30)28-20-12-14-21(15-13-20)29-25(31)22-16-18-6-4-5-7-23(18)33-26(22)32/h4-16H,1-3H3,(H,28,30)(H,29,31). The molecule has 33 heavy (non-hydrogen) atoms. The maximum Gasteiger partial charge on any atom is 0.349 e. The van der Waals surface area contributed by atoms with Crippen molar-refractivity contribution in [1.82, 2.24) is 0 Å². The van der Waals surface area contributed by atoms with Gasteiger partial charge in [-0.15, -0.1) is 0 Å². The molecule has 0 fully saturated rings. The van der Waals surface area contributed by atoms with Gasteiger partial charge in [-0.3, -0.25) is 9.59 Å². The predicted molar refractivity (Wildman–Crippen MR) is 130 cm³/mol. The summed E-state index contributed by atoms with van der Waals surface area (Å²) in [5.74, 6) is -0.786. The minimum Gasteiger partial charge on any atom is -0.422 e. The molecule has 3 aromatic carbocycles. The molecular weight excluding hydrogens is 416 g/mol. The molecule has 6 heteroatoms. The van der Waals surface area contributed by atoms with Gasteiger partial charge in [-0.1, -0.05) is 51.1 Å². The molecule has 0 spiro atoms. The molecule has 2 N–H and O–H groups in total. The van der Waals surface area contributed by atoms with Crippen LogP contribution < -0.4 is 16.3 Å². The van der Waals surface area contributed by atoms with Crippen molar-refractivity contribution >= 4 is 34.2 Å². The van der Waals surface area contributed by atoms with Crippen LogP contribution in [0.4, 0.5) is 11.4 Å². The first-order valence-corrected chi connectivity index (χ1v) is 10.6. The van der Waals surface area contributed by atoms with Gasteiger partial charge < -0.3 is 15.1 Å². The van der Waals surface area contributed by atoms with Gasteiger partial charge in [0, 0.05) is 22.3 Å². The fourth-order valence-corrected chi connectivity index (χ4v) is 3.38. The van der Waals surface area contributed by atoms with Crippen LogP contribution in [0.15, 0.2) is 88.1 Å². The fraction of sp³-hybridized carbons (Fsp3) is 0.148. The van der Waals surface area contributed by atoms with Gasteiger partial charge in [-0.25, -0.2) is 4.79 Å². The number of fused-ring (bicyclic) bond motifs is 1. The Labute approximate surface area is 191 Å². The molecule has 2 amide bonds. The summed E-state index contributed by atoms with van der Waals surface area (Å²) in [5, 5.41) is 6.19. The van der Waals surface area contributed by atoms with E-state index < -0.39 is 11.5 Å². The Kier molecular flexibility index (Phi) is 5.84. The molecule has 4 rings (SSSR count). The van der Waals surface area contributed by atoms with E-state index in [9.17, 15) is 14.4 Å². The van der Waals surface area contributed by atoms with Crippen LogP contribution in [0, 0.1) is 0 Å². The molecule has 6 nitrogen and oxygen atoms in total. The number of anilines is 2. The third kappa shape index (κ3) is 5.01. The number of nitrogens with one attached hydrogen (secondary N) is 2. The van der Waals surface area contributed by atoms with Gasteiger partial charge >= 0.3 is 5.63 Å². The Hall–Kier alpha value is -4.19. The average Bonchev–Trinajstić information content (AvgIpc) is 2.79. The molecule has 0 atom stereocenters. The lowest BCUT2D eigenvalue weighted by atomic mass is 9.87. The molecule has 1 aromatic heterocycles. The maximum atomic E-state index is 12.6. The van der Waals surface area contributed by atoms with Crippen LogP contribution in [0.2, 0.25) is 0 Å². The van der Waals surface area contributed by atoms with E-state index in [1.165, 1.54) is 6.07 Å². The van der Waals surface area contributed by atoms with Crippen molar-refractivity contribution in [2.45, 2.75) is 26.2 Å². The molecule has 0 unspecified atom stereocenters. The highest BCUT2D eigenvalue weighted by molar-refractivity contribution is 6.06. The Morgan fingerprint density at radius 2 is 1.33 bits per heavy atom. The van der Waals surface area contributed by atoms with Crippen molar-refractivity contribution in [2.75, 3.05) is 10.6 Å². The topological polar surface area (TPSA) is 88.4 Å². The third-order valence-electron chi connectivity index (χ3n) is 5.30. The minimum absolute atomic E-state index is 0.0169. The van der Waals surface area contributed by atoms with Gasteiger partial charge in [-0.05, 0) is 59.5 Å². The molecule has 166 valence electrons. The molecule has 0 saturated heterocycles. The van der Waals surface area contributed by atoms with E-state index in [-0.39, 0.29) is 16.9 Å². The van der Waals surface area contributed by atoms with Crippen LogP contribution in [0.1, 0.15) is 47.1 Å². The van der Waals surface area contributed by atoms with Crippen LogP contribution in [-0.2, 0) is 5.41 Å². The van der Waals surface area contributed by atoms with E-state index in [4.69, 9.17) is 4.42 Å². The molecule has 0 radical (unpaired) electrons. The van der Waals surface area contributed by atoms with E-state index in [1.54, 1.807) is 60.7 Å². The van der Waals surface area contributed by atoms with E-state index in [0.29, 0.717) is 27.9 Å². The molecule has 1 heterocycles. The van der Waals surface area contributed by atoms with E-state index in [2.05, 4.69) is 31.4 Å². The predicted octanol–water partition coefficient (Wildman–Crippen LogP) is 5.60. The highest BCUT2D eigenvalue weighted by Crippen LogP contribution is 2.23.